The second-order valence-corrected chi connectivity index (χ2v) is 3.94. The fraction of sp³-hybridized carbons (Fsp3) is 0.154. The summed E-state index contributed by atoms with van der Waals surface area (Å²) < 4.78 is 12.9. The molecule has 2 nitrogen and oxygen atoms in total. The largest absolute Gasteiger partial charge is 0.342 e. The van der Waals surface area contributed by atoms with E-state index in [2.05, 4.69) is 4.98 Å². The Kier molecular flexibility index (Phi) is 3.59. The lowest BCUT2D eigenvalue weighted by atomic mass is 10.2. The van der Waals surface area contributed by atoms with E-state index >= 15 is 0 Å². The van der Waals surface area contributed by atoms with Gasteiger partial charge in [0.15, 0.2) is 0 Å². The van der Waals surface area contributed by atoms with Gasteiger partial charge in [0.2, 0.25) is 0 Å². The minimum Gasteiger partial charge on any atom is -0.342 e. The first-order chi connectivity index (χ1) is 8.20. The van der Waals surface area contributed by atoms with Crippen molar-refractivity contribution < 1.29 is 4.39 Å². The highest BCUT2D eigenvalue weighted by Crippen LogP contribution is 2.26. The molecule has 1 aromatic carbocycles. The Labute approximate surface area is 105 Å². The maximum absolute atomic E-state index is 12.9. The van der Waals surface area contributed by atoms with Crippen molar-refractivity contribution in [2.24, 2.45) is 0 Å². The normalized spacial score (nSPS) is 10.3. The van der Waals surface area contributed by atoms with Crippen LogP contribution in [0.25, 0.3) is 0 Å². The molecule has 0 atom stereocenters. The molecule has 0 N–H and O–H groups in total. The highest BCUT2D eigenvalue weighted by Gasteiger charge is 2.07. The Bertz CT molecular complexity index is 499. The summed E-state index contributed by atoms with van der Waals surface area (Å²) in [7, 11) is 0. The molecule has 0 aliphatic heterocycles. The Balaban J connectivity index is 2.36. The fourth-order valence-electron chi connectivity index (χ4n) is 1.70. The lowest BCUT2D eigenvalue weighted by Gasteiger charge is -2.23. The zero-order valence-electron chi connectivity index (χ0n) is 9.40. The Morgan fingerprint density at radius 2 is 1.88 bits per heavy atom. The molecule has 0 spiro atoms. The van der Waals surface area contributed by atoms with Crippen molar-refractivity contribution in [3.63, 3.8) is 0 Å². The smallest absolute Gasteiger partial charge is 0.131 e. The molecule has 0 saturated heterocycles. The first-order valence-electron chi connectivity index (χ1n) is 5.35. The van der Waals surface area contributed by atoms with Crippen LogP contribution in [0.15, 0.2) is 42.6 Å². The summed E-state index contributed by atoms with van der Waals surface area (Å²) in [6.45, 7) is 2.80. The number of hydrogen-bond acceptors (Lipinski definition) is 2. The lowest BCUT2D eigenvalue weighted by molar-refractivity contribution is 0.628. The first-order valence-corrected chi connectivity index (χ1v) is 5.73. The Morgan fingerprint density at radius 1 is 1.18 bits per heavy atom. The molecule has 0 aliphatic carbocycles. The van der Waals surface area contributed by atoms with Crippen molar-refractivity contribution in [1.29, 1.82) is 0 Å². The van der Waals surface area contributed by atoms with Gasteiger partial charge in [-0.1, -0.05) is 11.6 Å². The van der Waals surface area contributed by atoms with Crippen molar-refractivity contribution >= 4 is 23.0 Å². The molecule has 0 aliphatic rings. The van der Waals surface area contributed by atoms with Crippen LogP contribution in [0, 0.1) is 5.82 Å². The third-order valence-electron chi connectivity index (χ3n) is 2.48. The molecule has 0 radical (unpaired) electrons. The van der Waals surface area contributed by atoms with Gasteiger partial charge in [0, 0.05) is 24.1 Å². The van der Waals surface area contributed by atoms with E-state index in [-0.39, 0.29) is 5.82 Å². The van der Waals surface area contributed by atoms with Gasteiger partial charge in [-0.15, -0.1) is 0 Å². The molecule has 0 fully saturated rings. The van der Waals surface area contributed by atoms with Crippen LogP contribution < -0.4 is 4.90 Å². The SMILES string of the molecule is CCN(c1ccc(F)cc1)c1ccnc(Cl)c1. The Morgan fingerprint density at radius 3 is 2.47 bits per heavy atom. The highest BCUT2D eigenvalue weighted by molar-refractivity contribution is 6.29. The monoisotopic (exact) mass is 250 g/mol. The molecule has 4 heteroatoms. The van der Waals surface area contributed by atoms with E-state index in [0.29, 0.717) is 5.15 Å². The Hall–Kier alpha value is -1.61. The molecular weight excluding hydrogens is 239 g/mol. The van der Waals surface area contributed by atoms with E-state index < -0.39 is 0 Å². The molecule has 0 saturated carbocycles. The van der Waals surface area contributed by atoms with Gasteiger partial charge in [-0.3, -0.25) is 0 Å². The van der Waals surface area contributed by atoms with Crippen molar-refractivity contribution in [2.45, 2.75) is 6.92 Å². The van der Waals surface area contributed by atoms with E-state index in [1.165, 1.54) is 12.1 Å². The molecule has 0 bridgehead atoms. The maximum Gasteiger partial charge on any atom is 0.131 e. The van der Waals surface area contributed by atoms with Crippen LogP contribution in [0.4, 0.5) is 15.8 Å². The van der Waals surface area contributed by atoms with Crippen LogP contribution in [-0.2, 0) is 0 Å². The third kappa shape index (κ3) is 2.74. The van der Waals surface area contributed by atoms with Gasteiger partial charge < -0.3 is 4.90 Å². The fourth-order valence-corrected chi connectivity index (χ4v) is 1.86. The molecule has 2 aromatic rings. The average molecular weight is 251 g/mol. The lowest BCUT2D eigenvalue weighted by Crippen LogP contribution is -2.15. The number of benzene rings is 1. The van der Waals surface area contributed by atoms with Crippen LogP contribution in [0.2, 0.25) is 5.15 Å². The predicted molar refractivity (Wildman–Crippen MR) is 68.3 cm³/mol. The summed E-state index contributed by atoms with van der Waals surface area (Å²) in [4.78, 5) is 5.98. The van der Waals surface area contributed by atoms with Gasteiger partial charge >= 0.3 is 0 Å². The van der Waals surface area contributed by atoms with Crippen LogP contribution >= 0.6 is 11.6 Å². The first kappa shape index (κ1) is 11.9. The number of hydrogen-bond donors (Lipinski definition) is 0. The van der Waals surface area contributed by atoms with E-state index in [9.17, 15) is 4.39 Å². The highest BCUT2D eigenvalue weighted by atomic mass is 35.5. The van der Waals surface area contributed by atoms with Gasteiger partial charge in [-0.05, 0) is 43.3 Å². The number of anilines is 2. The van der Waals surface area contributed by atoms with E-state index in [4.69, 9.17) is 11.6 Å². The second kappa shape index (κ2) is 5.15. The summed E-state index contributed by atoms with van der Waals surface area (Å²) in [5.41, 5.74) is 1.87. The summed E-state index contributed by atoms with van der Waals surface area (Å²) in [6, 6.07) is 10.0. The maximum atomic E-state index is 12.9. The summed E-state index contributed by atoms with van der Waals surface area (Å²) in [6.07, 6.45) is 1.66. The van der Waals surface area contributed by atoms with Gasteiger partial charge in [-0.2, -0.15) is 0 Å². The number of rotatable bonds is 3. The number of halogens is 2. The molecule has 1 heterocycles. The molecule has 88 valence electrons. The van der Waals surface area contributed by atoms with Crippen molar-refractivity contribution in [2.75, 3.05) is 11.4 Å². The summed E-state index contributed by atoms with van der Waals surface area (Å²) in [5, 5.41) is 0.447. The minimum atomic E-state index is -0.238. The number of pyridine rings is 1. The zero-order chi connectivity index (χ0) is 12.3. The van der Waals surface area contributed by atoms with Crippen molar-refractivity contribution in [1.82, 2.24) is 4.98 Å². The molecular formula is C13H12ClFN2. The van der Waals surface area contributed by atoms with Gasteiger partial charge in [-0.25, -0.2) is 9.37 Å². The van der Waals surface area contributed by atoms with Crippen molar-refractivity contribution in [3.05, 3.63) is 53.6 Å². The van der Waals surface area contributed by atoms with Crippen LogP contribution in [0.1, 0.15) is 6.92 Å². The predicted octanol–water partition coefficient (Wildman–Crippen LogP) is 4.03. The van der Waals surface area contributed by atoms with Gasteiger partial charge in [0.05, 0.1) is 0 Å². The van der Waals surface area contributed by atoms with Crippen molar-refractivity contribution in [3.8, 4) is 0 Å². The van der Waals surface area contributed by atoms with E-state index in [0.717, 1.165) is 17.9 Å². The molecule has 17 heavy (non-hydrogen) atoms. The average Bonchev–Trinajstić information content (AvgIpc) is 2.33. The van der Waals surface area contributed by atoms with E-state index in [1.807, 2.05) is 17.9 Å². The van der Waals surface area contributed by atoms with Crippen LogP contribution in [-0.4, -0.2) is 11.5 Å². The quantitative estimate of drug-likeness (QED) is 0.765. The standard InChI is InChI=1S/C13H12ClFN2/c1-2-17(11-5-3-10(15)4-6-11)12-7-8-16-13(14)9-12/h3-9H,2H2,1H3. The molecule has 2 rings (SSSR count). The topological polar surface area (TPSA) is 16.1 Å². The molecule has 0 unspecified atom stereocenters. The molecule has 1 aromatic heterocycles. The summed E-state index contributed by atoms with van der Waals surface area (Å²) >= 11 is 5.86. The molecule has 0 amide bonds. The van der Waals surface area contributed by atoms with Gasteiger partial charge in [0.25, 0.3) is 0 Å². The van der Waals surface area contributed by atoms with E-state index in [1.54, 1.807) is 24.4 Å². The third-order valence-corrected chi connectivity index (χ3v) is 2.68. The number of nitrogens with zero attached hydrogens (tertiary/aromatic N) is 2. The number of aromatic nitrogens is 1. The second-order valence-electron chi connectivity index (χ2n) is 3.56. The summed E-state index contributed by atoms with van der Waals surface area (Å²) in [5.74, 6) is -0.238. The van der Waals surface area contributed by atoms with Gasteiger partial charge in [0.1, 0.15) is 11.0 Å². The zero-order valence-corrected chi connectivity index (χ0v) is 10.2. The van der Waals surface area contributed by atoms with Crippen LogP contribution in [0.3, 0.4) is 0 Å². The minimum absolute atomic E-state index is 0.238. The van der Waals surface area contributed by atoms with Crippen LogP contribution in [0.5, 0.6) is 0 Å².